The number of aromatic carboxylic acids is 1. The summed E-state index contributed by atoms with van der Waals surface area (Å²) in [6, 6.07) is 19.0. The zero-order valence-electron chi connectivity index (χ0n) is 15.8. The molecule has 7 nitrogen and oxygen atoms in total. The van der Waals surface area contributed by atoms with Gasteiger partial charge < -0.3 is 15.5 Å². The Morgan fingerprint density at radius 1 is 1.03 bits per heavy atom. The number of carboxylic acid groups (broad SMARTS) is 1. The van der Waals surface area contributed by atoms with Gasteiger partial charge in [-0.3, -0.25) is 5.41 Å². The Kier molecular flexibility index (Phi) is 4.56. The second kappa shape index (κ2) is 7.20. The standard InChI is InChI=1S/C22H19N5O2/c1-13-10-15(22(28)29)6-7-16(13)12-27-19-5-3-2-4-17(19)18-11-14(8-9-20(18)27)21(23)25-26-24/h2-11H,12H2,1H3,(H,28,29)(H3,23,24,25). The number of aromatic nitrogens is 1. The van der Waals surface area contributed by atoms with Crippen molar-refractivity contribution >= 4 is 33.6 Å². The molecule has 0 aliphatic rings. The maximum Gasteiger partial charge on any atom is 0.335 e. The number of aryl methyl sites for hydroxylation is 1. The van der Waals surface area contributed by atoms with Gasteiger partial charge in [0, 0.05) is 33.9 Å². The summed E-state index contributed by atoms with van der Waals surface area (Å²) in [7, 11) is 0. The van der Waals surface area contributed by atoms with Crippen molar-refractivity contribution in [3.8, 4) is 0 Å². The van der Waals surface area contributed by atoms with Gasteiger partial charge in [-0.2, -0.15) is 0 Å². The molecule has 4 aromatic rings. The molecule has 7 heteroatoms. The molecule has 0 amide bonds. The fraction of sp³-hybridized carbons (Fsp3) is 0.0909. The zero-order valence-corrected chi connectivity index (χ0v) is 15.8. The fourth-order valence-corrected chi connectivity index (χ4v) is 3.66. The molecule has 0 fully saturated rings. The van der Waals surface area contributed by atoms with Gasteiger partial charge >= 0.3 is 5.97 Å². The van der Waals surface area contributed by atoms with Crippen LogP contribution < -0.4 is 5.84 Å². The topological polar surface area (TPSA) is 117 Å². The number of nitrogens with two attached hydrogens (primary N) is 1. The van der Waals surface area contributed by atoms with Crippen LogP contribution in [0.3, 0.4) is 0 Å². The van der Waals surface area contributed by atoms with E-state index < -0.39 is 5.97 Å². The zero-order chi connectivity index (χ0) is 20.5. The number of benzene rings is 3. The fourth-order valence-electron chi connectivity index (χ4n) is 3.66. The molecule has 0 aliphatic heterocycles. The molecule has 4 N–H and O–H groups in total. The highest BCUT2D eigenvalue weighted by Gasteiger charge is 2.14. The summed E-state index contributed by atoms with van der Waals surface area (Å²) in [5, 5.41) is 26.1. The summed E-state index contributed by atoms with van der Waals surface area (Å²) < 4.78 is 2.20. The third-order valence-corrected chi connectivity index (χ3v) is 5.12. The van der Waals surface area contributed by atoms with Gasteiger partial charge in [0.05, 0.1) is 5.56 Å². The van der Waals surface area contributed by atoms with Gasteiger partial charge in [-0.1, -0.05) is 29.5 Å². The third kappa shape index (κ3) is 3.23. The summed E-state index contributed by atoms with van der Waals surface area (Å²) in [5.41, 5.74) is 4.98. The predicted molar refractivity (Wildman–Crippen MR) is 113 cm³/mol. The van der Waals surface area contributed by atoms with Crippen LogP contribution in [0.5, 0.6) is 0 Å². The Labute approximate surface area is 166 Å². The minimum absolute atomic E-state index is 0.00587. The monoisotopic (exact) mass is 385 g/mol. The molecular formula is C22H19N5O2. The number of carboxylic acids is 1. The molecule has 0 saturated heterocycles. The van der Waals surface area contributed by atoms with E-state index >= 15 is 0 Å². The van der Waals surface area contributed by atoms with Crippen LogP contribution in [0.4, 0.5) is 0 Å². The van der Waals surface area contributed by atoms with Gasteiger partial charge in [-0.25, -0.2) is 4.79 Å². The average molecular weight is 385 g/mol. The largest absolute Gasteiger partial charge is 0.478 e. The molecular weight excluding hydrogens is 366 g/mol. The minimum atomic E-state index is -0.930. The quantitative estimate of drug-likeness (QED) is 0.158. The van der Waals surface area contributed by atoms with Crippen LogP contribution in [-0.4, -0.2) is 21.5 Å². The number of hydrogen-bond donors (Lipinski definition) is 3. The third-order valence-electron chi connectivity index (χ3n) is 5.12. The SMILES string of the molecule is Cc1cc(C(=O)O)ccc1Cn1c2ccccc2c2cc(C(=N)N=NN)ccc21. The second-order valence-corrected chi connectivity index (χ2v) is 6.85. The van der Waals surface area contributed by atoms with E-state index in [0.717, 1.165) is 32.9 Å². The number of fused-ring (bicyclic) bond motifs is 3. The van der Waals surface area contributed by atoms with Gasteiger partial charge in [0.25, 0.3) is 0 Å². The first-order chi connectivity index (χ1) is 14.0. The van der Waals surface area contributed by atoms with Crippen molar-refractivity contribution in [3.63, 3.8) is 0 Å². The van der Waals surface area contributed by atoms with E-state index in [-0.39, 0.29) is 11.4 Å². The first-order valence-electron chi connectivity index (χ1n) is 9.03. The number of nitrogens with one attached hydrogen (secondary N) is 1. The van der Waals surface area contributed by atoms with Gasteiger partial charge in [-0.05, 0) is 54.4 Å². The van der Waals surface area contributed by atoms with Crippen molar-refractivity contribution in [3.05, 3.63) is 82.9 Å². The Balaban J connectivity index is 1.88. The van der Waals surface area contributed by atoms with Crippen LogP contribution in [0.2, 0.25) is 0 Å². The number of nitrogens with zero attached hydrogens (tertiary/aromatic N) is 3. The molecule has 1 aromatic heterocycles. The molecule has 29 heavy (non-hydrogen) atoms. The molecule has 3 aromatic carbocycles. The van der Waals surface area contributed by atoms with Crippen molar-refractivity contribution in [2.45, 2.75) is 13.5 Å². The maximum atomic E-state index is 11.2. The van der Waals surface area contributed by atoms with Crippen molar-refractivity contribution in [1.82, 2.24) is 4.57 Å². The molecule has 0 bridgehead atoms. The van der Waals surface area contributed by atoms with Crippen LogP contribution in [0.25, 0.3) is 21.8 Å². The average Bonchev–Trinajstić information content (AvgIpc) is 3.03. The normalized spacial score (nSPS) is 11.5. The Bertz CT molecular complexity index is 1300. The van der Waals surface area contributed by atoms with E-state index in [4.69, 9.17) is 11.3 Å². The Morgan fingerprint density at radius 2 is 1.76 bits per heavy atom. The van der Waals surface area contributed by atoms with Crippen molar-refractivity contribution in [2.24, 2.45) is 16.2 Å². The van der Waals surface area contributed by atoms with E-state index in [1.165, 1.54) is 0 Å². The molecule has 0 spiro atoms. The molecule has 0 unspecified atom stereocenters. The Morgan fingerprint density at radius 3 is 2.48 bits per heavy atom. The first kappa shape index (κ1) is 18.4. The lowest BCUT2D eigenvalue weighted by molar-refractivity contribution is 0.0696. The predicted octanol–water partition coefficient (Wildman–Crippen LogP) is 4.50. The van der Waals surface area contributed by atoms with E-state index in [1.54, 1.807) is 12.1 Å². The van der Waals surface area contributed by atoms with Crippen LogP contribution >= 0.6 is 0 Å². The van der Waals surface area contributed by atoms with Crippen molar-refractivity contribution in [1.29, 1.82) is 5.41 Å². The second-order valence-electron chi connectivity index (χ2n) is 6.85. The summed E-state index contributed by atoms with van der Waals surface area (Å²) in [6.07, 6.45) is 0. The van der Waals surface area contributed by atoms with E-state index in [1.807, 2.05) is 49.4 Å². The molecule has 4 rings (SSSR count). The van der Waals surface area contributed by atoms with E-state index in [2.05, 4.69) is 21.0 Å². The van der Waals surface area contributed by atoms with E-state index in [0.29, 0.717) is 12.1 Å². The van der Waals surface area contributed by atoms with Crippen LogP contribution in [0.1, 0.15) is 27.0 Å². The highest BCUT2D eigenvalue weighted by atomic mass is 16.4. The number of carbonyl (C=O) groups is 1. The summed E-state index contributed by atoms with van der Waals surface area (Å²) in [4.78, 5) is 11.2. The minimum Gasteiger partial charge on any atom is -0.478 e. The van der Waals surface area contributed by atoms with Crippen LogP contribution in [0, 0.1) is 12.3 Å². The molecule has 0 atom stereocenters. The molecule has 0 saturated carbocycles. The molecule has 0 aliphatic carbocycles. The lowest BCUT2D eigenvalue weighted by Gasteiger charge is -2.11. The summed E-state index contributed by atoms with van der Waals surface area (Å²) in [6.45, 7) is 2.53. The van der Waals surface area contributed by atoms with Gasteiger partial charge in [0.2, 0.25) is 0 Å². The summed E-state index contributed by atoms with van der Waals surface area (Å²) in [5.74, 6) is 4.16. The molecule has 144 valence electrons. The van der Waals surface area contributed by atoms with Crippen LogP contribution in [-0.2, 0) is 6.54 Å². The van der Waals surface area contributed by atoms with Crippen molar-refractivity contribution < 1.29 is 9.90 Å². The van der Waals surface area contributed by atoms with Gasteiger partial charge in [0.1, 0.15) is 0 Å². The number of rotatable bonds is 4. The number of amidine groups is 1. The molecule has 1 heterocycles. The molecule has 0 radical (unpaired) electrons. The smallest absolute Gasteiger partial charge is 0.335 e. The highest BCUT2D eigenvalue weighted by Crippen LogP contribution is 2.31. The van der Waals surface area contributed by atoms with Crippen molar-refractivity contribution in [2.75, 3.05) is 0 Å². The van der Waals surface area contributed by atoms with Crippen LogP contribution in [0.15, 0.2) is 71.0 Å². The highest BCUT2D eigenvalue weighted by molar-refractivity contribution is 6.11. The Hall–Kier alpha value is -4.00. The maximum absolute atomic E-state index is 11.2. The van der Waals surface area contributed by atoms with E-state index in [9.17, 15) is 9.90 Å². The first-order valence-corrected chi connectivity index (χ1v) is 9.03. The van der Waals surface area contributed by atoms with Gasteiger partial charge in [-0.15, -0.1) is 5.11 Å². The number of para-hydroxylation sites is 1. The lowest BCUT2D eigenvalue weighted by Crippen LogP contribution is -2.04. The lowest BCUT2D eigenvalue weighted by atomic mass is 10.0. The summed E-state index contributed by atoms with van der Waals surface area (Å²) >= 11 is 0. The number of hydrogen-bond acceptors (Lipinski definition) is 3. The van der Waals surface area contributed by atoms with Gasteiger partial charge in [0.15, 0.2) is 5.84 Å².